The molecule has 30 heavy (non-hydrogen) atoms. The maximum Gasteiger partial charge on any atom is 0.257 e. The number of hydrogen-bond donors (Lipinski definition) is 3. The number of amides is 1. The summed E-state index contributed by atoms with van der Waals surface area (Å²) in [5.74, 6) is 0.651. The number of carbonyl (C=O) groups excluding carboxylic acids is 1. The van der Waals surface area contributed by atoms with Crippen LogP contribution in [0.15, 0.2) is 60.8 Å². The van der Waals surface area contributed by atoms with Gasteiger partial charge in [-0.2, -0.15) is 0 Å². The smallest absolute Gasteiger partial charge is 0.257 e. The maximum absolute atomic E-state index is 12.7. The lowest BCUT2D eigenvalue weighted by molar-refractivity contribution is 0.102. The van der Waals surface area contributed by atoms with Crippen molar-refractivity contribution in [1.29, 1.82) is 0 Å². The van der Waals surface area contributed by atoms with Gasteiger partial charge in [0.15, 0.2) is 0 Å². The molecule has 0 spiro atoms. The van der Waals surface area contributed by atoms with Crippen LogP contribution in [-0.4, -0.2) is 37.1 Å². The Morgan fingerprint density at radius 3 is 2.57 bits per heavy atom. The summed E-state index contributed by atoms with van der Waals surface area (Å²) in [7, 11) is 0. The Kier molecular flexibility index (Phi) is 6.38. The molecule has 2 aromatic carbocycles. The van der Waals surface area contributed by atoms with Gasteiger partial charge in [-0.25, -0.2) is 4.98 Å². The molecule has 2 heterocycles. The van der Waals surface area contributed by atoms with Crippen molar-refractivity contribution in [2.45, 2.75) is 0 Å². The van der Waals surface area contributed by atoms with Crippen LogP contribution >= 0.6 is 23.2 Å². The molecule has 0 bridgehead atoms. The molecular formula is C22H21Cl2N5O. The summed E-state index contributed by atoms with van der Waals surface area (Å²) in [6, 6.07) is 16.3. The number of carbonyl (C=O) groups is 1. The van der Waals surface area contributed by atoms with Gasteiger partial charge in [0.05, 0.1) is 16.3 Å². The van der Waals surface area contributed by atoms with Crippen LogP contribution in [-0.2, 0) is 0 Å². The van der Waals surface area contributed by atoms with E-state index in [4.69, 9.17) is 23.2 Å². The van der Waals surface area contributed by atoms with Crippen molar-refractivity contribution < 1.29 is 4.79 Å². The van der Waals surface area contributed by atoms with Gasteiger partial charge < -0.3 is 20.9 Å². The first-order valence-corrected chi connectivity index (χ1v) is 10.4. The van der Waals surface area contributed by atoms with Crippen LogP contribution in [0.5, 0.6) is 0 Å². The first-order chi connectivity index (χ1) is 14.6. The van der Waals surface area contributed by atoms with Crippen LogP contribution in [0.2, 0.25) is 10.0 Å². The molecule has 1 aliphatic rings. The Hall–Kier alpha value is -2.80. The summed E-state index contributed by atoms with van der Waals surface area (Å²) < 4.78 is 0. The second-order valence-corrected chi connectivity index (χ2v) is 7.77. The van der Waals surface area contributed by atoms with Crippen molar-refractivity contribution in [3.05, 3.63) is 76.4 Å². The van der Waals surface area contributed by atoms with E-state index in [1.165, 1.54) is 0 Å². The van der Waals surface area contributed by atoms with Crippen molar-refractivity contribution in [3.63, 3.8) is 0 Å². The SMILES string of the molecule is O=C(Nc1ccc(Cl)c(Nc2cccc(Cl)c2)c1)c1ccc(N2CCNCC2)nc1. The lowest BCUT2D eigenvalue weighted by atomic mass is 10.2. The number of aromatic nitrogens is 1. The van der Waals surface area contributed by atoms with Gasteiger partial charge in [0, 0.05) is 48.8 Å². The number of halogens is 2. The van der Waals surface area contributed by atoms with Crippen LogP contribution in [0.3, 0.4) is 0 Å². The maximum atomic E-state index is 12.7. The number of pyridine rings is 1. The lowest BCUT2D eigenvalue weighted by Gasteiger charge is -2.28. The second kappa shape index (κ2) is 9.34. The monoisotopic (exact) mass is 441 g/mol. The van der Waals surface area contributed by atoms with Crippen LogP contribution in [0, 0.1) is 0 Å². The van der Waals surface area contributed by atoms with Gasteiger partial charge in [0.2, 0.25) is 0 Å². The third-order valence-corrected chi connectivity index (χ3v) is 5.34. The highest BCUT2D eigenvalue weighted by Crippen LogP contribution is 2.29. The van der Waals surface area contributed by atoms with Crippen molar-refractivity contribution >= 4 is 52.0 Å². The molecule has 1 fully saturated rings. The van der Waals surface area contributed by atoms with Crippen molar-refractivity contribution in [1.82, 2.24) is 10.3 Å². The minimum atomic E-state index is -0.231. The molecule has 0 radical (unpaired) electrons. The molecule has 0 atom stereocenters. The third kappa shape index (κ3) is 5.02. The molecule has 0 saturated carbocycles. The molecule has 3 N–H and O–H groups in total. The first kappa shape index (κ1) is 20.5. The fraction of sp³-hybridized carbons (Fsp3) is 0.182. The van der Waals surface area contributed by atoms with Gasteiger partial charge in [0.25, 0.3) is 5.91 Å². The minimum absolute atomic E-state index is 0.231. The number of nitrogens with zero attached hydrogens (tertiary/aromatic N) is 2. The van der Waals surface area contributed by atoms with E-state index in [2.05, 4.69) is 25.8 Å². The fourth-order valence-electron chi connectivity index (χ4n) is 3.23. The van der Waals surface area contributed by atoms with E-state index in [1.54, 1.807) is 42.6 Å². The topological polar surface area (TPSA) is 69.3 Å². The zero-order valence-corrected chi connectivity index (χ0v) is 17.7. The van der Waals surface area contributed by atoms with Gasteiger partial charge in [-0.15, -0.1) is 0 Å². The molecule has 154 valence electrons. The van der Waals surface area contributed by atoms with E-state index in [0.29, 0.717) is 27.0 Å². The molecule has 4 rings (SSSR count). The fourth-order valence-corrected chi connectivity index (χ4v) is 3.58. The van der Waals surface area contributed by atoms with E-state index in [9.17, 15) is 4.79 Å². The average molecular weight is 442 g/mol. The van der Waals surface area contributed by atoms with Crippen molar-refractivity contribution in [3.8, 4) is 0 Å². The predicted molar refractivity (Wildman–Crippen MR) is 123 cm³/mol. The number of hydrogen-bond acceptors (Lipinski definition) is 5. The summed E-state index contributed by atoms with van der Waals surface area (Å²) in [6.45, 7) is 3.69. The normalized spacial score (nSPS) is 13.7. The second-order valence-electron chi connectivity index (χ2n) is 6.93. The van der Waals surface area contributed by atoms with Gasteiger partial charge in [0.1, 0.15) is 5.82 Å². The van der Waals surface area contributed by atoms with Gasteiger partial charge in [-0.05, 0) is 48.5 Å². The van der Waals surface area contributed by atoms with Gasteiger partial charge >= 0.3 is 0 Å². The highest BCUT2D eigenvalue weighted by atomic mass is 35.5. The third-order valence-electron chi connectivity index (χ3n) is 4.78. The molecule has 1 aromatic heterocycles. The zero-order valence-electron chi connectivity index (χ0n) is 16.2. The van der Waals surface area contributed by atoms with Gasteiger partial charge in [-0.3, -0.25) is 4.79 Å². The van der Waals surface area contributed by atoms with Gasteiger partial charge in [-0.1, -0.05) is 29.3 Å². The summed E-state index contributed by atoms with van der Waals surface area (Å²) in [5, 5.41) is 10.6. The molecule has 0 unspecified atom stereocenters. The number of benzene rings is 2. The predicted octanol–water partition coefficient (Wildman–Crippen LogP) is 4.79. The highest BCUT2D eigenvalue weighted by molar-refractivity contribution is 6.33. The molecule has 6 nitrogen and oxygen atoms in total. The minimum Gasteiger partial charge on any atom is -0.354 e. The molecule has 1 saturated heterocycles. The number of nitrogens with one attached hydrogen (secondary N) is 3. The quantitative estimate of drug-likeness (QED) is 0.530. The Morgan fingerprint density at radius 2 is 1.83 bits per heavy atom. The summed E-state index contributed by atoms with van der Waals surface area (Å²) >= 11 is 12.3. The molecule has 3 aromatic rings. The van der Waals surface area contributed by atoms with E-state index < -0.39 is 0 Å². The molecule has 1 aliphatic heterocycles. The van der Waals surface area contributed by atoms with E-state index in [-0.39, 0.29) is 5.91 Å². The van der Waals surface area contributed by atoms with E-state index in [1.807, 2.05) is 18.2 Å². The molecule has 1 amide bonds. The number of piperazine rings is 1. The molecular weight excluding hydrogens is 421 g/mol. The van der Waals surface area contributed by atoms with Crippen LogP contribution in [0.25, 0.3) is 0 Å². The Balaban J connectivity index is 1.45. The van der Waals surface area contributed by atoms with Crippen molar-refractivity contribution in [2.24, 2.45) is 0 Å². The molecule has 8 heteroatoms. The first-order valence-electron chi connectivity index (χ1n) is 9.64. The summed E-state index contributed by atoms with van der Waals surface area (Å²) in [4.78, 5) is 19.3. The standard InChI is InChI=1S/C22H21Cl2N5O/c23-16-2-1-3-17(12-16)27-20-13-18(5-6-19(20)24)28-22(30)15-4-7-21(26-14-15)29-10-8-25-9-11-29/h1-7,12-14,25,27H,8-11H2,(H,28,30). The van der Waals surface area contributed by atoms with Crippen LogP contribution in [0.1, 0.15) is 10.4 Å². The van der Waals surface area contributed by atoms with Crippen LogP contribution < -0.4 is 20.9 Å². The Morgan fingerprint density at radius 1 is 1.00 bits per heavy atom. The largest absolute Gasteiger partial charge is 0.354 e. The molecule has 0 aliphatic carbocycles. The Bertz CT molecular complexity index is 1040. The lowest BCUT2D eigenvalue weighted by Crippen LogP contribution is -2.43. The van der Waals surface area contributed by atoms with Crippen molar-refractivity contribution in [2.75, 3.05) is 41.7 Å². The Labute approximate surface area is 185 Å². The van der Waals surface area contributed by atoms with Crippen LogP contribution in [0.4, 0.5) is 22.9 Å². The number of rotatable bonds is 5. The summed E-state index contributed by atoms with van der Waals surface area (Å²) in [6.07, 6.45) is 1.60. The van der Waals surface area contributed by atoms with E-state index >= 15 is 0 Å². The average Bonchev–Trinajstić information content (AvgIpc) is 2.77. The van der Waals surface area contributed by atoms with E-state index in [0.717, 1.165) is 37.7 Å². The highest BCUT2D eigenvalue weighted by Gasteiger charge is 2.13. The summed E-state index contributed by atoms with van der Waals surface area (Å²) in [5.41, 5.74) is 2.60. The zero-order chi connectivity index (χ0) is 20.9. The number of anilines is 4.